The average molecular weight is 325 g/mol. The number of carbonyl (C=O) groups is 3. The molecule has 0 radical (unpaired) electrons. The minimum absolute atomic E-state index is 0.0714. The van der Waals surface area contributed by atoms with E-state index in [0.717, 1.165) is 0 Å². The molecule has 0 saturated carbocycles. The molecular formula is C15H19NO7. The van der Waals surface area contributed by atoms with Gasteiger partial charge in [0.1, 0.15) is 12.8 Å². The summed E-state index contributed by atoms with van der Waals surface area (Å²) in [5.41, 5.74) is 0.291. The van der Waals surface area contributed by atoms with Crippen LogP contribution in [-0.4, -0.2) is 52.0 Å². The first kappa shape index (κ1) is 17.0. The second-order valence-corrected chi connectivity index (χ2v) is 5.36. The van der Waals surface area contributed by atoms with Crippen molar-refractivity contribution in [1.82, 2.24) is 4.90 Å². The van der Waals surface area contributed by atoms with Gasteiger partial charge in [0.05, 0.1) is 24.5 Å². The Balaban J connectivity index is 1.77. The molecule has 0 spiro atoms. The summed E-state index contributed by atoms with van der Waals surface area (Å²) in [4.78, 5) is 34.4. The van der Waals surface area contributed by atoms with Crippen LogP contribution in [0.2, 0.25) is 0 Å². The fraction of sp³-hybridized carbons (Fsp3) is 0.533. The van der Waals surface area contributed by atoms with Crippen LogP contribution >= 0.6 is 0 Å². The van der Waals surface area contributed by atoms with E-state index < -0.39 is 17.9 Å². The summed E-state index contributed by atoms with van der Waals surface area (Å²) in [5, 5.41) is 17.5. The number of carbonyl (C=O) groups excluding carboxylic acids is 1. The Morgan fingerprint density at radius 1 is 1.26 bits per heavy atom. The molecule has 126 valence electrons. The van der Waals surface area contributed by atoms with E-state index in [-0.39, 0.29) is 31.8 Å². The van der Waals surface area contributed by atoms with Gasteiger partial charge < -0.3 is 24.6 Å². The van der Waals surface area contributed by atoms with Gasteiger partial charge in [-0.25, -0.2) is 4.79 Å². The quantitative estimate of drug-likeness (QED) is 0.669. The summed E-state index contributed by atoms with van der Waals surface area (Å²) in [6.07, 6.45) is 5.85. The van der Waals surface area contributed by atoms with E-state index in [9.17, 15) is 14.4 Å². The SMILES string of the molecule is O=C(O)CCC(=O)OC[C@@H]1CC[C@H](N2C=CCC(C(=O)O)=C2)O1. The number of allylic oxidation sites excluding steroid dienone is 1. The minimum Gasteiger partial charge on any atom is -0.481 e. The van der Waals surface area contributed by atoms with Gasteiger partial charge in [0.15, 0.2) is 0 Å². The summed E-state index contributed by atoms with van der Waals surface area (Å²) >= 11 is 0. The lowest BCUT2D eigenvalue weighted by Crippen LogP contribution is -2.30. The summed E-state index contributed by atoms with van der Waals surface area (Å²) in [6.45, 7) is 0.0714. The van der Waals surface area contributed by atoms with Gasteiger partial charge in [0, 0.05) is 18.8 Å². The molecule has 2 atom stereocenters. The molecule has 0 amide bonds. The number of carboxylic acids is 2. The Kier molecular flexibility index (Phi) is 5.75. The third-order valence-electron chi connectivity index (χ3n) is 3.59. The Labute approximate surface area is 133 Å². The van der Waals surface area contributed by atoms with Crippen molar-refractivity contribution in [2.24, 2.45) is 0 Å². The first-order chi connectivity index (χ1) is 11.0. The molecule has 0 aromatic carbocycles. The zero-order chi connectivity index (χ0) is 16.8. The summed E-state index contributed by atoms with van der Waals surface area (Å²) in [5.74, 6) is -2.57. The highest BCUT2D eigenvalue weighted by molar-refractivity contribution is 5.87. The summed E-state index contributed by atoms with van der Waals surface area (Å²) in [7, 11) is 0. The van der Waals surface area contributed by atoms with Crippen molar-refractivity contribution in [3.63, 3.8) is 0 Å². The second kappa shape index (κ2) is 7.77. The van der Waals surface area contributed by atoms with Crippen molar-refractivity contribution >= 4 is 17.9 Å². The zero-order valence-electron chi connectivity index (χ0n) is 12.5. The lowest BCUT2D eigenvalue weighted by Gasteiger charge is -2.26. The van der Waals surface area contributed by atoms with Gasteiger partial charge in [0.25, 0.3) is 0 Å². The number of aliphatic carboxylic acids is 2. The Morgan fingerprint density at radius 3 is 2.74 bits per heavy atom. The molecule has 0 aliphatic carbocycles. The molecule has 8 heteroatoms. The summed E-state index contributed by atoms with van der Waals surface area (Å²) in [6, 6.07) is 0. The highest BCUT2D eigenvalue weighted by Gasteiger charge is 2.30. The van der Waals surface area contributed by atoms with Gasteiger partial charge in [0.2, 0.25) is 0 Å². The van der Waals surface area contributed by atoms with Crippen molar-refractivity contribution in [2.75, 3.05) is 6.61 Å². The van der Waals surface area contributed by atoms with Crippen molar-refractivity contribution in [2.45, 2.75) is 44.4 Å². The molecule has 2 aliphatic rings. The predicted octanol–water partition coefficient (Wildman–Crippen LogP) is 1.09. The standard InChI is InChI=1S/C15H19NO7/c17-13(18)5-6-14(19)22-9-11-3-4-12(23-11)16-7-1-2-10(8-16)15(20)21/h1,7-8,11-12H,2-6,9H2,(H,17,18)(H,20,21)/t11-,12+/m0/s1. The molecule has 2 rings (SSSR count). The van der Waals surface area contributed by atoms with Crippen molar-refractivity contribution < 1.29 is 34.1 Å². The molecule has 0 aromatic heterocycles. The van der Waals surface area contributed by atoms with Crippen molar-refractivity contribution in [1.29, 1.82) is 0 Å². The molecule has 2 heterocycles. The highest BCUT2D eigenvalue weighted by atomic mass is 16.6. The van der Waals surface area contributed by atoms with E-state index in [4.69, 9.17) is 19.7 Å². The van der Waals surface area contributed by atoms with E-state index in [1.165, 1.54) is 0 Å². The smallest absolute Gasteiger partial charge is 0.333 e. The van der Waals surface area contributed by atoms with Gasteiger partial charge in [-0.1, -0.05) is 6.08 Å². The van der Waals surface area contributed by atoms with Gasteiger partial charge >= 0.3 is 17.9 Å². The van der Waals surface area contributed by atoms with Crippen LogP contribution in [0.15, 0.2) is 24.0 Å². The molecule has 1 saturated heterocycles. The molecule has 2 N–H and O–H groups in total. The first-order valence-corrected chi connectivity index (χ1v) is 7.36. The van der Waals surface area contributed by atoms with Crippen molar-refractivity contribution in [3.8, 4) is 0 Å². The maximum Gasteiger partial charge on any atom is 0.333 e. The lowest BCUT2D eigenvalue weighted by molar-refractivity contribution is -0.151. The largest absolute Gasteiger partial charge is 0.481 e. The monoisotopic (exact) mass is 325 g/mol. The zero-order valence-corrected chi connectivity index (χ0v) is 12.5. The Bertz CT molecular complexity index is 540. The molecule has 23 heavy (non-hydrogen) atoms. The Morgan fingerprint density at radius 2 is 2.04 bits per heavy atom. The van der Waals surface area contributed by atoms with E-state index in [1.807, 2.05) is 0 Å². The first-order valence-electron chi connectivity index (χ1n) is 7.36. The topological polar surface area (TPSA) is 113 Å². The number of hydrogen-bond donors (Lipinski definition) is 2. The van der Waals surface area contributed by atoms with Gasteiger partial charge in [-0.15, -0.1) is 0 Å². The molecule has 8 nitrogen and oxygen atoms in total. The van der Waals surface area contributed by atoms with Crippen LogP contribution in [0.5, 0.6) is 0 Å². The number of hydrogen-bond acceptors (Lipinski definition) is 6. The van der Waals surface area contributed by atoms with E-state index >= 15 is 0 Å². The lowest BCUT2D eigenvalue weighted by atomic mass is 10.1. The molecular weight excluding hydrogens is 306 g/mol. The highest BCUT2D eigenvalue weighted by Crippen LogP contribution is 2.26. The number of ether oxygens (including phenoxy) is 2. The molecule has 0 bridgehead atoms. The van der Waals surface area contributed by atoms with Crippen LogP contribution in [0.25, 0.3) is 0 Å². The van der Waals surface area contributed by atoms with Crippen LogP contribution in [0, 0.1) is 0 Å². The van der Waals surface area contributed by atoms with Crippen molar-refractivity contribution in [3.05, 3.63) is 24.0 Å². The predicted molar refractivity (Wildman–Crippen MR) is 77.0 cm³/mol. The molecule has 1 fully saturated rings. The third-order valence-corrected chi connectivity index (χ3v) is 3.59. The number of carboxylic acid groups (broad SMARTS) is 2. The maximum atomic E-state index is 11.4. The number of rotatable bonds is 7. The van der Waals surface area contributed by atoms with Gasteiger partial charge in [-0.2, -0.15) is 0 Å². The van der Waals surface area contributed by atoms with Crippen LogP contribution < -0.4 is 0 Å². The minimum atomic E-state index is -1.04. The van der Waals surface area contributed by atoms with Gasteiger partial charge in [-0.3, -0.25) is 9.59 Å². The van der Waals surface area contributed by atoms with E-state index in [2.05, 4.69) is 0 Å². The Hall–Kier alpha value is -2.35. The molecule has 0 unspecified atom stereocenters. The fourth-order valence-corrected chi connectivity index (χ4v) is 2.39. The van der Waals surface area contributed by atoms with Crippen LogP contribution in [0.1, 0.15) is 32.1 Å². The third kappa shape index (κ3) is 5.10. The summed E-state index contributed by atoms with van der Waals surface area (Å²) < 4.78 is 10.7. The van der Waals surface area contributed by atoms with Crippen LogP contribution in [-0.2, 0) is 23.9 Å². The van der Waals surface area contributed by atoms with Gasteiger partial charge in [-0.05, 0) is 12.8 Å². The molecule has 0 aromatic rings. The maximum absolute atomic E-state index is 11.4. The average Bonchev–Trinajstić information content (AvgIpc) is 3.00. The second-order valence-electron chi connectivity index (χ2n) is 5.36. The number of nitrogens with zero attached hydrogens (tertiary/aromatic N) is 1. The molecule has 2 aliphatic heterocycles. The van der Waals surface area contributed by atoms with Crippen LogP contribution in [0.3, 0.4) is 0 Å². The van der Waals surface area contributed by atoms with E-state index in [1.54, 1.807) is 23.4 Å². The normalized spacial score (nSPS) is 23.5. The van der Waals surface area contributed by atoms with E-state index in [0.29, 0.717) is 24.8 Å². The number of esters is 1. The van der Waals surface area contributed by atoms with Crippen LogP contribution in [0.4, 0.5) is 0 Å². The fourth-order valence-electron chi connectivity index (χ4n) is 2.39.